The number of hydrogen-bond donors (Lipinski definition) is 0. The molecular weight excluding hydrogens is 226 g/mol. The Kier molecular flexibility index (Phi) is 5.25. The maximum Gasteiger partial charge on any atom is 0.313 e. The van der Waals surface area contributed by atoms with Gasteiger partial charge in [-0.25, -0.2) is 4.99 Å². The van der Waals surface area contributed by atoms with Gasteiger partial charge >= 0.3 is 11.9 Å². The number of aliphatic imine (C=N–C) groups is 1. The number of azo groups is 1. The van der Waals surface area contributed by atoms with Crippen molar-refractivity contribution < 1.29 is 19.1 Å². The van der Waals surface area contributed by atoms with Crippen LogP contribution in [-0.4, -0.2) is 37.2 Å². The molecule has 0 N–H and O–H groups in total. The van der Waals surface area contributed by atoms with Crippen LogP contribution in [0.4, 0.5) is 0 Å². The van der Waals surface area contributed by atoms with E-state index >= 15 is 0 Å². The molecule has 0 aromatic carbocycles. The maximum atomic E-state index is 11.1. The minimum absolute atomic E-state index is 0.0172. The molecule has 1 unspecified atom stereocenters. The molecule has 1 rings (SSSR count). The predicted octanol–water partition coefficient (Wildman–Crippen LogP) is 1.08. The van der Waals surface area contributed by atoms with E-state index in [0.717, 1.165) is 0 Å². The van der Waals surface area contributed by atoms with E-state index in [1.807, 2.05) is 0 Å². The highest BCUT2D eigenvalue weighted by Gasteiger charge is 2.20. The molecule has 0 aliphatic carbocycles. The zero-order valence-corrected chi connectivity index (χ0v) is 9.88. The fraction of sp³-hybridized carbons (Fsp3) is 0.700. The summed E-state index contributed by atoms with van der Waals surface area (Å²) in [5.74, 6) is -0.489. The molecule has 1 aliphatic heterocycles. The average molecular weight is 241 g/mol. The Hall–Kier alpha value is -1.79. The maximum absolute atomic E-state index is 11.1. The van der Waals surface area contributed by atoms with Crippen molar-refractivity contribution in [2.24, 2.45) is 15.2 Å². The smallest absolute Gasteiger partial charge is 0.313 e. The molecule has 1 aliphatic rings. The molecule has 0 fully saturated rings. The monoisotopic (exact) mass is 241 g/mol. The molecule has 17 heavy (non-hydrogen) atoms. The molecule has 94 valence electrons. The molecule has 1 atom stereocenters. The summed E-state index contributed by atoms with van der Waals surface area (Å²) in [6, 6.07) is 0. The second-order valence-corrected chi connectivity index (χ2v) is 3.23. The molecule has 7 nitrogen and oxygen atoms in total. The summed E-state index contributed by atoms with van der Waals surface area (Å²) >= 11 is 0. The quantitative estimate of drug-likeness (QED) is 0.651. The largest absolute Gasteiger partial charge is 0.466 e. The van der Waals surface area contributed by atoms with Gasteiger partial charge in [-0.2, -0.15) is 5.11 Å². The van der Waals surface area contributed by atoms with E-state index < -0.39 is 12.1 Å². The third kappa shape index (κ3) is 4.71. The topological polar surface area (TPSA) is 89.7 Å². The molecule has 0 saturated heterocycles. The Morgan fingerprint density at radius 2 is 1.82 bits per heavy atom. The molecule has 0 amide bonds. The van der Waals surface area contributed by atoms with Gasteiger partial charge in [0.05, 0.1) is 19.6 Å². The van der Waals surface area contributed by atoms with Crippen LogP contribution in [0.5, 0.6) is 0 Å². The number of hydrogen-bond acceptors (Lipinski definition) is 7. The number of amidine groups is 1. The van der Waals surface area contributed by atoms with Crippen molar-refractivity contribution in [2.45, 2.75) is 32.9 Å². The van der Waals surface area contributed by atoms with Crippen LogP contribution < -0.4 is 0 Å². The standard InChI is InChI=1S/C10H15N3O4/c1-3-16-9(14)5-7-11-8(13-12-7)6-10(15)17-4-2/h7H,3-6H2,1-2H3. The van der Waals surface area contributed by atoms with Crippen molar-refractivity contribution in [2.75, 3.05) is 13.2 Å². The lowest BCUT2D eigenvalue weighted by Gasteiger charge is -2.02. The SMILES string of the molecule is CCOC(=O)CC1=NC(CC(=O)OCC)N=N1. The van der Waals surface area contributed by atoms with Crippen molar-refractivity contribution in [1.29, 1.82) is 0 Å². The van der Waals surface area contributed by atoms with E-state index in [-0.39, 0.29) is 24.6 Å². The predicted molar refractivity (Wildman–Crippen MR) is 58.6 cm³/mol. The zero-order valence-electron chi connectivity index (χ0n) is 9.88. The molecular formula is C10H15N3O4. The van der Waals surface area contributed by atoms with Crippen LogP contribution >= 0.6 is 0 Å². The second kappa shape index (κ2) is 6.72. The lowest BCUT2D eigenvalue weighted by molar-refractivity contribution is -0.143. The molecule has 0 saturated carbocycles. The first-order chi connectivity index (χ1) is 8.15. The molecule has 0 aromatic rings. The van der Waals surface area contributed by atoms with Crippen molar-refractivity contribution in [1.82, 2.24) is 0 Å². The number of carbonyl (C=O) groups excluding carboxylic acids is 2. The first-order valence-electron chi connectivity index (χ1n) is 5.44. The fourth-order valence-corrected chi connectivity index (χ4v) is 1.23. The summed E-state index contributed by atoms with van der Waals surface area (Å²) in [6.07, 6.45) is -0.543. The van der Waals surface area contributed by atoms with Gasteiger partial charge in [-0.1, -0.05) is 0 Å². The lowest BCUT2D eigenvalue weighted by atomic mass is 10.3. The highest BCUT2D eigenvalue weighted by molar-refractivity contribution is 5.98. The average Bonchev–Trinajstić information content (AvgIpc) is 2.66. The fourth-order valence-electron chi connectivity index (χ4n) is 1.23. The Morgan fingerprint density at radius 1 is 1.18 bits per heavy atom. The van der Waals surface area contributed by atoms with E-state index in [1.54, 1.807) is 13.8 Å². The van der Waals surface area contributed by atoms with Crippen LogP contribution in [0.3, 0.4) is 0 Å². The second-order valence-electron chi connectivity index (χ2n) is 3.23. The Morgan fingerprint density at radius 3 is 2.47 bits per heavy atom. The van der Waals surface area contributed by atoms with Gasteiger partial charge < -0.3 is 9.47 Å². The summed E-state index contributed by atoms with van der Waals surface area (Å²) in [7, 11) is 0. The van der Waals surface area contributed by atoms with Crippen LogP contribution in [0.2, 0.25) is 0 Å². The summed E-state index contributed by atoms with van der Waals surface area (Å²) in [6.45, 7) is 4.08. The normalized spacial score (nSPS) is 17.8. The highest BCUT2D eigenvalue weighted by atomic mass is 16.5. The van der Waals surface area contributed by atoms with Gasteiger partial charge in [-0.3, -0.25) is 9.59 Å². The van der Waals surface area contributed by atoms with Crippen LogP contribution in [0, 0.1) is 0 Å². The first-order valence-corrected chi connectivity index (χ1v) is 5.44. The van der Waals surface area contributed by atoms with Crippen LogP contribution in [0.15, 0.2) is 15.2 Å². The van der Waals surface area contributed by atoms with Gasteiger partial charge in [0.1, 0.15) is 6.42 Å². The van der Waals surface area contributed by atoms with E-state index in [1.165, 1.54) is 0 Å². The Labute approximate surface area is 98.9 Å². The van der Waals surface area contributed by atoms with E-state index in [4.69, 9.17) is 9.47 Å². The van der Waals surface area contributed by atoms with Crippen molar-refractivity contribution in [3.63, 3.8) is 0 Å². The van der Waals surface area contributed by atoms with Crippen molar-refractivity contribution in [3.8, 4) is 0 Å². The summed E-state index contributed by atoms with van der Waals surface area (Å²) in [4.78, 5) is 26.3. The molecule has 1 heterocycles. The van der Waals surface area contributed by atoms with Gasteiger partial charge in [0.2, 0.25) is 0 Å². The van der Waals surface area contributed by atoms with Crippen LogP contribution in [-0.2, 0) is 19.1 Å². The van der Waals surface area contributed by atoms with Crippen LogP contribution in [0.1, 0.15) is 26.7 Å². The summed E-state index contributed by atoms with van der Waals surface area (Å²) in [5, 5.41) is 7.48. The van der Waals surface area contributed by atoms with Gasteiger partial charge in [-0.15, -0.1) is 5.11 Å². The number of nitrogens with zero attached hydrogens (tertiary/aromatic N) is 3. The van der Waals surface area contributed by atoms with E-state index in [9.17, 15) is 9.59 Å². The Balaban J connectivity index is 2.39. The molecule has 7 heteroatoms. The van der Waals surface area contributed by atoms with Gasteiger partial charge in [0, 0.05) is 0 Å². The van der Waals surface area contributed by atoms with E-state index in [0.29, 0.717) is 13.2 Å². The number of carbonyl (C=O) groups is 2. The lowest BCUT2D eigenvalue weighted by Crippen LogP contribution is -2.12. The minimum atomic E-state index is -0.571. The number of esters is 2. The van der Waals surface area contributed by atoms with Crippen molar-refractivity contribution in [3.05, 3.63) is 0 Å². The third-order valence-corrected chi connectivity index (χ3v) is 1.87. The number of rotatable bonds is 6. The molecule has 0 spiro atoms. The summed E-state index contributed by atoms with van der Waals surface area (Å²) in [5.41, 5.74) is 0. The van der Waals surface area contributed by atoms with E-state index in [2.05, 4.69) is 15.2 Å². The minimum Gasteiger partial charge on any atom is -0.466 e. The third-order valence-electron chi connectivity index (χ3n) is 1.87. The summed E-state index contributed by atoms with van der Waals surface area (Å²) < 4.78 is 9.50. The van der Waals surface area contributed by atoms with Crippen LogP contribution in [0.25, 0.3) is 0 Å². The van der Waals surface area contributed by atoms with Gasteiger partial charge in [0.25, 0.3) is 0 Å². The first kappa shape index (κ1) is 13.3. The molecule has 0 bridgehead atoms. The number of ether oxygens (including phenoxy) is 2. The molecule has 0 aromatic heterocycles. The highest BCUT2D eigenvalue weighted by Crippen LogP contribution is 2.12. The Bertz CT molecular complexity index is 351. The zero-order chi connectivity index (χ0) is 12.7. The van der Waals surface area contributed by atoms with Crippen molar-refractivity contribution >= 4 is 17.8 Å². The van der Waals surface area contributed by atoms with Gasteiger partial charge in [0.15, 0.2) is 12.0 Å². The van der Waals surface area contributed by atoms with Gasteiger partial charge in [-0.05, 0) is 13.8 Å². The molecule has 0 radical (unpaired) electrons.